The molecule has 33 heavy (non-hydrogen) atoms. The Morgan fingerprint density at radius 3 is 2.73 bits per heavy atom. The van der Waals surface area contributed by atoms with Crippen molar-refractivity contribution in [1.29, 1.82) is 0 Å². The molecule has 0 bridgehead atoms. The number of amides is 2. The number of rotatable bonds is 8. The Bertz CT molecular complexity index is 1080. The number of furan rings is 1. The van der Waals surface area contributed by atoms with Crippen LogP contribution in [0.25, 0.3) is 0 Å². The summed E-state index contributed by atoms with van der Waals surface area (Å²) in [5, 5.41) is 2.70. The smallest absolute Gasteiger partial charge is 0.290 e. The Balaban J connectivity index is 1.52. The summed E-state index contributed by atoms with van der Waals surface area (Å²) in [4.78, 5) is 31.1. The van der Waals surface area contributed by atoms with Crippen LogP contribution in [0.1, 0.15) is 40.9 Å². The van der Waals surface area contributed by atoms with Crippen LogP contribution in [0, 0.1) is 5.92 Å². The molecule has 0 radical (unpaired) electrons. The maximum absolute atomic E-state index is 13.5. The van der Waals surface area contributed by atoms with Gasteiger partial charge in [0.25, 0.3) is 5.91 Å². The lowest BCUT2D eigenvalue weighted by Crippen LogP contribution is -2.48. The third kappa shape index (κ3) is 5.60. The highest BCUT2D eigenvalue weighted by atomic mass is 35.5. The number of halogens is 1. The lowest BCUT2D eigenvalue weighted by Gasteiger charge is -2.37. The monoisotopic (exact) mass is 486 g/mol. The number of thiophene rings is 1. The van der Waals surface area contributed by atoms with Gasteiger partial charge in [0.2, 0.25) is 5.91 Å². The van der Waals surface area contributed by atoms with E-state index < -0.39 is 0 Å². The maximum Gasteiger partial charge on any atom is 0.290 e. The first-order chi connectivity index (χ1) is 15.9. The summed E-state index contributed by atoms with van der Waals surface area (Å²) in [6.07, 6.45) is 2.27. The molecule has 1 unspecified atom stereocenters. The minimum Gasteiger partial charge on any atom is -0.491 e. The zero-order valence-electron chi connectivity index (χ0n) is 18.7. The van der Waals surface area contributed by atoms with Gasteiger partial charge < -0.3 is 19.0 Å². The number of fused-ring (bicyclic) bond motifs is 1. The van der Waals surface area contributed by atoms with Gasteiger partial charge in [-0.1, -0.05) is 25.4 Å². The van der Waals surface area contributed by atoms with E-state index in [-0.39, 0.29) is 36.1 Å². The van der Waals surface area contributed by atoms with Gasteiger partial charge in [0, 0.05) is 23.0 Å². The molecule has 0 N–H and O–H groups in total. The minimum absolute atomic E-state index is 0.00533. The molecular weight excluding hydrogens is 460 g/mol. The maximum atomic E-state index is 13.5. The zero-order valence-corrected chi connectivity index (χ0v) is 20.3. The van der Waals surface area contributed by atoms with Crippen molar-refractivity contribution >= 4 is 34.8 Å². The van der Waals surface area contributed by atoms with Crippen LogP contribution in [0.5, 0.6) is 5.75 Å². The van der Waals surface area contributed by atoms with Gasteiger partial charge in [-0.05, 0) is 65.7 Å². The molecule has 3 heterocycles. The molecule has 0 saturated carbocycles. The third-order valence-corrected chi connectivity index (χ3v) is 6.82. The summed E-state index contributed by atoms with van der Waals surface area (Å²) in [6, 6.07) is 12.3. The molecule has 1 aromatic carbocycles. The van der Waals surface area contributed by atoms with Gasteiger partial charge >= 0.3 is 0 Å². The van der Waals surface area contributed by atoms with Crippen LogP contribution in [-0.4, -0.2) is 47.9 Å². The quantitative estimate of drug-likeness (QED) is 0.433. The molecule has 2 amide bonds. The van der Waals surface area contributed by atoms with Crippen molar-refractivity contribution in [3.63, 3.8) is 0 Å². The molecule has 8 heteroatoms. The molecule has 1 atom stereocenters. The number of hydrogen-bond donors (Lipinski definition) is 0. The first-order valence-corrected chi connectivity index (χ1v) is 12.2. The van der Waals surface area contributed by atoms with E-state index in [1.165, 1.54) is 11.1 Å². The van der Waals surface area contributed by atoms with Crippen molar-refractivity contribution in [2.45, 2.75) is 26.3 Å². The van der Waals surface area contributed by atoms with E-state index in [2.05, 4.69) is 11.4 Å². The van der Waals surface area contributed by atoms with E-state index in [4.69, 9.17) is 20.8 Å². The molecule has 1 aliphatic heterocycles. The van der Waals surface area contributed by atoms with Crippen LogP contribution in [0.4, 0.5) is 0 Å². The van der Waals surface area contributed by atoms with Gasteiger partial charge in [-0.15, -0.1) is 11.3 Å². The van der Waals surface area contributed by atoms with Crippen LogP contribution in [-0.2, 0) is 11.2 Å². The topological polar surface area (TPSA) is 63.0 Å². The number of carbonyl (C=O) groups excluding carboxylic acids is 2. The molecule has 0 spiro atoms. The predicted octanol–water partition coefficient (Wildman–Crippen LogP) is 5.30. The summed E-state index contributed by atoms with van der Waals surface area (Å²) in [5.74, 6) is 0.778. The van der Waals surface area contributed by atoms with Crippen molar-refractivity contribution in [2.24, 2.45) is 5.92 Å². The standard InChI is InChI=1S/C25H27ClN2O4S/c1-17(2)14-27(25(30)22-4-3-12-31-22)15-24(29)28-11-9-23-20(10-13-33-23)21(28)16-32-19-7-5-18(26)6-8-19/h3-8,10,12-13,17,21H,9,11,14-16H2,1-2H3. The molecule has 0 saturated heterocycles. The first-order valence-electron chi connectivity index (χ1n) is 11.0. The molecular formula is C25H27ClN2O4S. The van der Waals surface area contributed by atoms with Crippen molar-refractivity contribution in [3.05, 3.63) is 75.3 Å². The van der Waals surface area contributed by atoms with Crippen molar-refractivity contribution < 1.29 is 18.7 Å². The van der Waals surface area contributed by atoms with E-state index >= 15 is 0 Å². The van der Waals surface area contributed by atoms with Crippen LogP contribution < -0.4 is 4.74 Å². The van der Waals surface area contributed by atoms with E-state index in [1.807, 2.05) is 30.9 Å². The highest BCUT2D eigenvalue weighted by molar-refractivity contribution is 7.10. The fourth-order valence-electron chi connectivity index (χ4n) is 4.05. The van der Waals surface area contributed by atoms with Crippen LogP contribution >= 0.6 is 22.9 Å². The highest BCUT2D eigenvalue weighted by Gasteiger charge is 2.34. The van der Waals surface area contributed by atoms with Crippen molar-refractivity contribution in [2.75, 3.05) is 26.2 Å². The predicted molar refractivity (Wildman–Crippen MR) is 129 cm³/mol. The summed E-state index contributed by atoms with van der Waals surface area (Å²) in [6.45, 7) is 5.42. The molecule has 4 rings (SSSR count). The molecule has 2 aromatic heterocycles. The number of nitrogens with zero attached hydrogens (tertiary/aromatic N) is 2. The van der Waals surface area contributed by atoms with Gasteiger partial charge in [0.1, 0.15) is 18.9 Å². The Labute approximate surface area is 202 Å². The van der Waals surface area contributed by atoms with Gasteiger partial charge in [-0.3, -0.25) is 9.59 Å². The van der Waals surface area contributed by atoms with Gasteiger partial charge in [-0.25, -0.2) is 0 Å². The van der Waals surface area contributed by atoms with Gasteiger partial charge in [0.15, 0.2) is 5.76 Å². The summed E-state index contributed by atoms with van der Waals surface area (Å²) in [7, 11) is 0. The van der Waals surface area contributed by atoms with E-state index in [1.54, 1.807) is 40.5 Å². The normalized spacial score (nSPS) is 15.4. The van der Waals surface area contributed by atoms with E-state index in [9.17, 15) is 9.59 Å². The van der Waals surface area contributed by atoms with Gasteiger partial charge in [0.05, 0.1) is 12.3 Å². The molecule has 6 nitrogen and oxygen atoms in total. The number of ether oxygens (including phenoxy) is 1. The van der Waals surface area contributed by atoms with Crippen molar-refractivity contribution in [1.82, 2.24) is 9.80 Å². The Kier molecular flexibility index (Phi) is 7.40. The van der Waals surface area contributed by atoms with Crippen LogP contribution in [0.15, 0.2) is 58.5 Å². The fraction of sp³-hybridized carbons (Fsp3) is 0.360. The summed E-state index contributed by atoms with van der Waals surface area (Å²) < 4.78 is 11.3. The van der Waals surface area contributed by atoms with E-state index in [0.717, 1.165) is 12.0 Å². The van der Waals surface area contributed by atoms with Crippen LogP contribution in [0.2, 0.25) is 5.02 Å². The Hall–Kier alpha value is -2.77. The second-order valence-electron chi connectivity index (χ2n) is 8.47. The third-order valence-electron chi connectivity index (χ3n) is 5.57. The van der Waals surface area contributed by atoms with E-state index in [0.29, 0.717) is 30.5 Å². The second-order valence-corrected chi connectivity index (χ2v) is 9.91. The molecule has 1 aliphatic rings. The average molecular weight is 487 g/mol. The lowest BCUT2D eigenvalue weighted by atomic mass is 10.0. The summed E-state index contributed by atoms with van der Waals surface area (Å²) >= 11 is 7.68. The van der Waals surface area contributed by atoms with Crippen molar-refractivity contribution in [3.8, 4) is 5.75 Å². The number of hydrogen-bond acceptors (Lipinski definition) is 5. The highest BCUT2D eigenvalue weighted by Crippen LogP contribution is 2.34. The van der Waals surface area contributed by atoms with Crippen LogP contribution in [0.3, 0.4) is 0 Å². The first kappa shape index (κ1) is 23.4. The Morgan fingerprint density at radius 2 is 2.03 bits per heavy atom. The second kappa shape index (κ2) is 10.4. The lowest BCUT2D eigenvalue weighted by molar-refractivity contribution is -0.135. The zero-order chi connectivity index (χ0) is 23.4. The summed E-state index contributed by atoms with van der Waals surface area (Å²) in [5.41, 5.74) is 1.11. The molecule has 0 fully saturated rings. The minimum atomic E-state index is -0.274. The number of carbonyl (C=O) groups is 2. The number of benzene rings is 1. The molecule has 0 aliphatic carbocycles. The molecule has 3 aromatic rings. The largest absolute Gasteiger partial charge is 0.491 e. The fourth-order valence-corrected chi connectivity index (χ4v) is 5.11. The average Bonchev–Trinajstić information content (AvgIpc) is 3.49. The molecule has 174 valence electrons. The van der Waals surface area contributed by atoms with Gasteiger partial charge in [-0.2, -0.15) is 0 Å². The Morgan fingerprint density at radius 1 is 1.24 bits per heavy atom. The SMILES string of the molecule is CC(C)CN(CC(=O)N1CCc2sccc2C1COc1ccc(Cl)cc1)C(=O)c1ccco1.